The molecule has 1 heterocycles. The van der Waals surface area contributed by atoms with Crippen molar-refractivity contribution in [3.63, 3.8) is 0 Å². The average molecular weight is 276 g/mol. The largest absolute Gasteiger partial charge is 0.493 e. The van der Waals surface area contributed by atoms with E-state index in [0.29, 0.717) is 24.3 Å². The van der Waals surface area contributed by atoms with Crippen LogP contribution in [0.1, 0.15) is 17.2 Å². The third-order valence-electron chi connectivity index (χ3n) is 2.69. The molecular formula is C12H11F3O4. The standard InChI is InChI=1S/C12H11F3O4/c13-12(14,15)11(19-6-10(16)17)8-1-2-9-7(5-8)3-4-18-9/h1-2,5,11H,3-4,6H2,(H,16,17)/t11-/m1/s1. The number of fused-ring (bicyclic) bond motifs is 1. The van der Waals surface area contributed by atoms with E-state index in [-0.39, 0.29) is 5.56 Å². The van der Waals surface area contributed by atoms with E-state index >= 15 is 0 Å². The summed E-state index contributed by atoms with van der Waals surface area (Å²) in [5.74, 6) is -0.887. The van der Waals surface area contributed by atoms with Crippen molar-refractivity contribution in [1.29, 1.82) is 0 Å². The van der Waals surface area contributed by atoms with Crippen LogP contribution >= 0.6 is 0 Å². The third-order valence-corrected chi connectivity index (χ3v) is 2.69. The molecule has 1 aliphatic rings. The molecule has 1 N–H and O–H groups in total. The molecule has 1 aromatic carbocycles. The number of benzene rings is 1. The zero-order valence-corrected chi connectivity index (χ0v) is 9.74. The first-order valence-corrected chi connectivity index (χ1v) is 5.53. The van der Waals surface area contributed by atoms with E-state index < -0.39 is 24.9 Å². The van der Waals surface area contributed by atoms with Gasteiger partial charge in [0.25, 0.3) is 0 Å². The second-order valence-corrected chi connectivity index (χ2v) is 4.09. The maximum absolute atomic E-state index is 12.9. The SMILES string of the molecule is O=C(O)CO[C@H](c1ccc2c(c1)CCO2)C(F)(F)F. The number of aliphatic carboxylic acids is 1. The van der Waals surface area contributed by atoms with Gasteiger partial charge in [0.15, 0.2) is 6.10 Å². The van der Waals surface area contributed by atoms with Crippen molar-refractivity contribution >= 4 is 5.97 Å². The Labute approximate surface area is 106 Å². The Kier molecular flexibility index (Phi) is 3.66. The predicted octanol–water partition coefficient (Wildman–Crippen LogP) is 2.33. The first kappa shape index (κ1) is 13.7. The van der Waals surface area contributed by atoms with Crippen LogP contribution in [0.5, 0.6) is 5.75 Å². The second kappa shape index (κ2) is 5.08. The van der Waals surface area contributed by atoms with Gasteiger partial charge in [0, 0.05) is 6.42 Å². The van der Waals surface area contributed by atoms with Crippen LogP contribution in [0.3, 0.4) is 0 Å². The zero-order valence-electron chi connectivity index (χ0n) is 9.74. The summed E-state index contributed by atoms with van der Waals surface area (Å²) in [7, 11) is 0. The molecule has 0 amide bonds. The molecule has 2 rings (SSSR count). The Hall–Kier alpha value is -1.76. The minimum atomic E-state index is -4.66. The molecule has 0 radical (unpaired) electrons. The van der Waals surface area contributed by atoms with Crippen LogP contribution in [0.25, 0.3) is 0 Å². The molecule has 0 aromatic heterocycles. The van der Waals surface area contributed by atoms with Crippen molar-refractivity contribution in [2.24, 2.45) is 0 Å². The normalized spacial score (nSPS) is 15.7. The van der Waals surface area contributed by atoms with Crippen molar-refractivity contribution in [3.05, 3.63) is 29.3 Å². The van der Waals surface area contributed by atoms with Crippen molar-refractivity contribution < 1.29 is 32.5 Å². The number of carboxylic acid groups (broad SMARTS) is 1. The molecule has 0 saturated carbocycles. The quantitative estimate of drug-likeness (QED) is 0.917. The second-order valence-electron chi connectivity index (χ2n) is 4.09. The molecule has 7 heteroatoms. The molecule has 0 fully saturated rings. The number of carboxylic acids is 1. The highest BCUT2D eigenvalue weighted by Crippen LogP contribution is 2.38. The van der Waals surface area contributed by atoms with Gasteiger partial charge >= 0.3 is 12.1 Å². The van der Waals surface area contributed by atoms with Crippen molar-refractivity contribution in [3.8, 4) is 5.75 Å². The maximum Gasteiger partial charge on any atom is 0.418 e. The Bertz CT molecular complexity index is 484. The van der Waals surface area contributed by atoms with Gasteiger partial charge in [-0.3, -0.25) is 0 Å². The smallest absolute Gasteiger partial charge is 0.418 e. The highest BCUT2D eigenvalue weighted by Gasteiger charge is 2.42. The molecule has 1 aromatic rings. The minimum Gasteiger partial charge on any atom is -0.493 e. The number of alkyl halides is 3. The monoisotopic (exact) mass is 276 g/mol. The molecular weight excluding hydrogens is 265 g/mol. The summed E-state index contributed by atoms with van der Waals surface area (Å²) in [6.45, 7) is -0.566. The molecule has 0 unspecified atom stereocenters. The predicted molar refractivity (Wildman–Crippen MR) is 58.0 cm³/mol. The molecule has 4 nitrogen and oxygen atoms in total. The van der Waals surface area contributed by atoms with E-state index in [1.807, 2.05) is 0 Å². The van der Waals surface area contributed by atoms with Gasteiger partial charge in [0.1, 0.15) is 12.4 Å². The van der Waals surface area contributed by atoms with E-state index in [1.165, 1.54) is 18.2 Å². The van der Waals surface area contributed by atoms with Crippen LogP contribution in [0.4, 0.5) is 13.2 Å². The van der Waals surface area contributed by atoms with Gasteiger partial charge in [0.05, 0.1) is 6.61 Å². The van der Waals surface area contributed by atoms with Crippen LogP contribution in [0, 0.1) is 0 Å². The first-order valence-electron chi connectivity index (χ1n) is 5.53. The van der Waals surface area contributed by atoms with Gasteiger partial charge in [-0.05, 0) is 23.3 Å². The van der Waals surface area contributed by atoms with E-state index in [0.717, 1.165) is 0 Å². The lowest BCUT2D eigenvalue weighted by Gasteiger charge is -2.20. The van der Waals surface area contributed by atoms with Gasteiger partial charge in [0.2, 0.25) is 0 Å². The summed E-state index contributed by atoms with van der Waals surface area (Å²) < 4.78 is 48.2. The van der Waals surface area contributed by atoms with Crippen LogP contribution in [-0.4, -0.2) is 30.5 Å². The highest BCUT2D eigenvalue weighted by atomic mass is 19.4. The molecule has 0 spiro atoms. The Morgan fingerprint density at radius 1 is 1.47 bits per heavy atom. The van der Waals surface area contributed by atoms with E-state index in [4.69, 9.17) is 9.84 Å². The van der Waals surface area contributed by atoms with Crippen LogP contribution in [0.15, 0.2) is 18.2 Å². The lowest BCUT2D eigenvalue weighted by atomic mass is 10.0. The molecule has 1 atom stereocenters. The third kappa shape index (κ3) is 3.17. The summed E-state index contributed by atoms with van der Waals surface area (Å²) >= 11 is 0. The van der Waals surface area contributed by atoms with Crippen LogP contribution in [0.2, 0.25) is 0 Å². The number of halogens is 3. The fourth-order valence-corrected chi connectivity index (χ4v) is 1.90. The summed E-state index contributed by atoms with van der Waals surface area (Å²) in [4.78, 5) is 10.3. The number of hydrogen-bond acceptors (Lipinski definition) is 3. The fraction of sp³-hybridized carbons (Fsp3) is 0.417. The average Bonchev–Trinajstić information content (AvgIpc) is 2.74. The van der Waals surface area contributed by atoms with E-state index in [9.17, 15) is 18.0 Å². The molecule has 19 heavy (non-hydrogen) atoms. The molecule has 104 valence electrons. The first-order chi connectivity index (χ1) is 8.88. The summed E-state index contributed by atoms with van der Waals surface area (Å²) in [5.41, 5.74) is 0.559. The summed E-state index contributed by atoms with van der Waals surface area (Å²) in [6, 6.07) is 4.03. The van der Waals surface area contributed by atoms with E-state index in [2.05, 4.69) is 4.74 Å². The molecule has 0 bridgehead atoms. The fourth-order valence-electron chi connectivity index (χ4n) is 1.90. The molecule has 1 aliphatic heterocycles. The topological polar surface area (TPSA) is 55.8 Å². The zero-order chi connectivity index (χ0) is 14.0. The highest BCUT2D eigenvalue weighted by molar-refractivity contribution is 5.68. The summed E-state index contributed by atoms with van der Waals surface area (Å²) in [6.07, 6.45) is -6.37. The van der Waals surface area contributed by atoms with Gasteiger partial charge in [-0.15, -0.1) is 0 Å². The summed E-state index contributed by atoms with van der Waals surface area (Å²) in [5, 5.41) is 8.42. The van der Waals surface area contributed by atoms with Crippen molar-refractivity contribution in [2.45, 2.75) is 18.7 Å². The minimum absolute atomic E-state index is 0.113. The van der Waals surface area contributed by atoms with Gasteiger partial charge < -0.3 is 14.6 Å². The van der Waals surface area contributed by atoms with Gasteiger partial charge in [-0.2, -0.15) is 13.2 Å². The van der Waals surface area contributed by atoms with Crippen molar-refractivity contribution in [2.75, 3.05) is 13.2 Å². The molecule has 0 aliphatic carbocycles. The Balaban J connectivity index is 2.25. The number of hydrogen-bond donors (Lipinski definition) is 1. The maximum atomic E-state index is 12.9. The van der Waals surface area contributed by atoms with Crippen molar-refractivity contribution in [1.82, 2.24) is 0 Å². The lowest BCUT2D eigenvalue weighted by Crippen LogP contribution is -2.26. The van der Waals surface area contributed by atoms with Crippen LogP contribution < -0.4 is 4.74 Å². The number of carbonyl (C=O) groups is 1. The number of rotatable bonds is 4. The van der Waals surface area contributed by atoms with Crippen LogP contribution in [-0.2, 0) is 16.0 Å². The number of ether oxygens (including phenoxy) is 2. The molecule has 0 saturated heterocycles. The van der Waals surface area contributed by atoms with Gasteiger partial charge in [-0.1, -0.05) is 6.07 Å². The van der Waals surface area contributed by atoms with E-state index in [1.54, 1.807) is 0 Å². The Morgan fingerprint density at radius 3 is 2.84 bits per heavy atom. The lowest BCUT2D eigenvalue weighted by molar-refractivity contribution is -0.225. The van der Waals surface area contributed by atoms with Gasteiger partial charge in [-0.25, -0.2) is 4.79 Å². The Morgan fingerprint density at radius 2 is 2.21 bits per heavy atom.